The van der Waals surface area contributed by atoms with E-state index in [1.807, 2.05) is 37.3 Å². The smallest absolute Gasteiger partial charge is 0.311 e. The minimum atomic E-state index is -1.10. The Hall–Kier alpha value is -3.29. The molecular weight excluding hydrogens is 382 g/mol. The maximum absolute atomic E-state index is 13.2. The fourth-order valence-corrected chi connectivity index (χ4v) is 3.20. The first kappa shape index (κ1) is 20.4. The summed E-state index contributed by atoms with van der Waals surface area (Å²) in [5, 5.41) is 2.31. The fourth-order valence-electron chi connectivity index (χ4n) is 3.20. The van der Waals surface area contributed by atoms with Crippen molar-refractivity contribution in [3.8, 4) is 0 Å². The number of carbonyl (C=O) groups excluding carboxylic acids is 3. The number of nitrogens with one attached hydrogen (secondary N) is 1. The van der Waals surface area contributed by atoms with Gasteiger partial charge in [0.15, 0.2) is 18.2 Å². The number of benzene rings is 2. The topological polar surface area (TPSA) is 75.7 Å². The Morgan fingerprint density at radius 3 is 2.59 bits per heavy atom. The highest BCUT2D eigenvalue weighted by atomic mass is 19.2. The van der Waals surface area contributed by atoms with Crippen LogP contribution in [0.4, 0.5) is 14.5 Å². The molecule has 0 aliphatic carbocycles. The number of anilines is 1. The molecule has 0 unspecified atom stereocenters. The van der Waals surface area contributed by atoms with Crippen molar-refractivity contribution in [2.75, 3.05) is 18.5 Å². The summed E-state index contributed by atoms with van der Waals surface area (Å²) in [6, 6.07) is 12.2. The van der Waals surface area contributed by atoms with Gasteiger partial charge in [-0.2, -0.15) is 0 Å². The van der Waals surface area contributed by atoms with Gasteiger partial charge in [-0.1, -0.05) is 30.3 Å². The summed E-state index contributed by atoms with van der Waals surface area (Å²) in [4.78, 5) is 38.1. The van der Waals surface area contributed by atoms with Crippen molar-refractivity contribution in [1.82, 2.24) is 4.90 Å². The Morgan fingerprint density at radius 2 is 1.90 bits per heavy atom. The van der Waals surface area contributed by atoms with Crippen molar-refractivity contribution in [2.45, 2.75) is 19.4 Å². The number of amides is 2. The summed E-state index contributed by atoms with van der Waals surface area (Å²) >= 11 is 0. The van der Waals surface area contributed by atoms with Crippen molar-refractivity contribution in [3.63, 3.8) is 0 Å². The van der Waals surface area contributed by atoms with Crippen LogP contribution in [-0.4, -0.2) is 35.8 Å². The van der Waals surface area contributed by atoms with Gasteiger partial charge in [0, 0.05) is 24.7 Å². The second kappa shape index (κ2) is 8.81. The highest BCUT2D eigenvalue weighted by Gasteiger charge is 2.38. The summed E-state index contributed by atoms with van der Waals surface area (Å²) < 4.78 is 31.1. The van der Waals surface area contributed by atoms with Gasteiger partial charge >= 0.3 is 5.97 Å². The molecule has 3 rings (SSSR count). The van der Waals surface area contributed by atoms with Crippen molar-refractivity contribution < 1.29 is 27.9 Å². The summed E-state index contributed by atoms with van der Waals surface area (Å²) in [5.41, 5.74) is 1.00. The van der Waals surface area contributed by atoms with Crippen LogP contribution in [0.5, 0.6) is 0 Å². The van der Waals surface area contributed by atoms with E-state index in [4.69, 9.17) is 4.74 Å². The number of halogens is 2. The minimum Gasteiger partial charge on any atom is -0.455 e. The van der Waals surface area contributed by atoms with Gasteiger partial charge in [0.2, 0.25) is 5.91 Å². The first-order valence-electron chi connectivity index (χ1n) is 9.11. The molecule has 2 amide bonds. The largest absolute Gasteiger partial charge is 0.455 e. The van der Waals surface area contributed by atoms with Crippen LogP contribution in [0.2, 0.25) is 0 Å². The molecule has 0 saturated carbocycles. The summed E-state index contributed by atoms with van der Waals surface area (Å²) in [6.07, 6.45) is 0.0147. The Kier molecular flexibility index (Phi) is 6.21. The quantitative estimate of drug-likeness (QED) is 0.754. The lowest BCUT2D eigenvalue weighted by Crippen LogP contribution is -2.30. The number of hydrogen-bond donors (Lipinski definition) is 1. The monoisotopic (exact) mass is 402 g/mol. The summed E-state index contributed by atoms with van der Waals surface area (Å²) in [7, 11) is 0. The van der Waals surface area contributed by atoms with Crippen LogP contribution in [-0.2, 0) is 19.1 Å². The van der Waals surface area contributed by atoms with E-state index in [1.165, 1.54) is 6.07 Å². The van der Waals surface area contributed by atoms with Gasteiger partial charge in [-0.3, -0.25) is 14.4 Å². The highest BCUT2D eigenvalue weighted by molar-refractivity contribution is 5.93. The molecule has 1 aliphatic heterocycles. The Morgan fingerprint density at radius 1 is 1.17 bits per heavy atom. The van der Waals surface area contributed by atoms with E-state index >= 15 is 0 Å². The third kappa shape index (κ3) is 4.96. The molecule has 8 heteroatoms. The van der Waals surface area contributed by atoms with Crippen LogP contribution in [0, 0.1) is 17.6 Å². The van der Waals surface area contributed by atoms with E-state index in [0.29, 0.717) is 0 Å². The molecule has 2 atom stereocenters. The van der Waals surface area contributed by atoms with Crippen LogP contribution in [0.3, 0.4) is 0 Å². The molecule has 2 aromatic carbocycles. The zero-order valence-corrected chi connectivity index (χ0v) is 15.7. The lowest BCUT2D eigenvalue weighted by atomic mass is 10.1. The van der Waals surface area contributed by atoms with E-state index in [1.54, 1.807) is 4.90 Å². The second-order valence-corrected chi connectivity index (χ2v) is 6.82. The normalized spacial score (nSPS) is 17.1. The van der Waals surface area contributed by atoms with Crippen molar-refractivity contribution >= 4 is 23.5 Å². The molecule has 0 radical (unpaired) electrons. The molecule has 1 aliphatic rings. The summed E-state index contributed by atoms with van der Waals surface area (Å²) in [6.45, 7) is 1.51. The molecule has 0 bridgehead atoms. The number of rotatable bonds is 6. The molecule has 29 heavy (non-hydrogen) atoms. The fraction of sp³-hybridized carbons (Fsp3) is 0.286. The van der Waals surface area contributed by atoms with E-state index in [2.05, 4.69) is 5.32 Å². The predicted molar refractivity (Wildman–Crippen MR) is 101 cm³/mol. The maximum atomic E-state index is 13.2. The van der Waals surface area contributed by atoms with Gasteiger partial charge in [0.25, 0.3) is 5.91 Å². The van der Waals surface area contributed by atoms with Gasteiger partial charge in [-0.05, 0) is 24.6 Å². The molecule has 0 aromatic heterocycles. The Bertz CT molecular complexity index is 920. The minimum absolute atomic E-state index is 0.0147. The zero-order chi connectivity index (χ0) is 21.0. The van der Waals surface area contributed by atoms with Gasteiger partial charge in [0.1, 0.15) is 0 Å². The first-order chi connectivity index (χ1) is 13.8. The van der Waals surface area contributed by atoms with Crippen molar-refractivity contribution in [1.29, 1.82) is 0 Å². The number of nitrogens with zero attached hydrogens (tertiary/aromatic N) is 1. The number of hydrogen-bond acceptors (Lipinski definition) is 4. The number of ether oxygens (including phenoxy) is 1. The lowest BCUT2D eigenvalue weighted by molar-refractivity contribution is -0.151. The molecular formula is C21H20F2N2O4. The molecule has 1 saturated heterocycles. The molecule has 152 valence electrons. The zero-order valence-electron chi connectivity index (χ0n) is 15.7. The van der Waals surface area contributed by atoms with Crippen LogP contribution in [0.15, 0.2) is 48.5 Å². The molecule has 1 N–H and O–H groups in total. The molecule has 0 spiro atoms. The van der Waals surface area contributed by atoms with Crippen LogP contribution in [0.25, 0.3) is 0 Å². The SMILES string of the molecule is C[C@H](c1ccccc1)N1C[C@@H](C(=O)OCC(=O)Nc2ccc(F)c(F)c2)CC1=O. The molecule has 1 fully saturated rings. The van der Waals surface area contributed by atoms with Crippen LogP contribution >= 0.6 is 0 Å². The van der Waals surface area contributed by atoms with E-state index < -0.39 is 36.0 Å². The lowest BCUT2D eigenvalue weighted by Gasteiger charge is -2.25. The highest BCUT2D eigenvalue weighted by Crippen LogP contribution is 2.29. The Balaban J connectivity index is 1.51. The van der Waals surface area contributed by atoms with Crippen LogP contribution in [0.1, 0.15) is 24.9 Å². The Labute approximate surface area is 166 Å². The van der Waals surface area contributed by atoms with Gasteiger partial charge in [-0.15, -0.1) is 0 Å². The number of esters is 1. The van der Waals surface area contributed by atoms with E-state index in [9.17, 15) is 23.2 Å². The first-order valence-corrected chi connectivity index (χ1v) is 9.11. The average molecular weight is 402 g/mol. The van der Waals surface area contributed by atoms with Crippen molar-refractivity contribution in [2.24, 2.45) is 5.92 Å². The van der Waals surface area contributed by atoms with Gasteiger partial charge < -0.3 is 15.0 Å². The van der Waals surface area contributed by atoms with Gasteiger partial charge in [-0.25, -0.2) is 8.78 Å². The van der Waals surface area contributed by atoms with Crippen molar-refractivity contribution in [3.05, 3.63) is 65.7 Å². The van der Waals surface area contributed by atoms with E-state index in [-0.39, 0.29) is 30.6 Å². The second-order valence-electron chi connectivity index (χ2n) is 6.82. The van der Waals surface area contributed by atoms with E-state index in [0.717, 1.165) is 17.7 Å². The van der Waals surface area contributed by atoms with Gasteiger partial charge in [0.05, 0.1) is 12.0 Å². The van der Waals surface area contributed by atoms with Crippen LogP contribution < -0.4 is 5.32 Å². The third-order valence-electron chi connectivity index (χ3n) is 4.79. The molecule has 6 nitrogen and oxygen atoms in total. The number of likely N-dealkylation sites (tertiary alicyclic amines) is 1. The summed E-state index contributed by atoms with van der Waals surface area (Å²) in [5.74, 6) is -4.30. The molecule has 1 heterocycles. The number of carbonyl (C=O) groups is 3. The average Bonchev–Trinajstić information content (AvgIpc) is 3.11. The predicted octanol–water partition coefficient (Wildman–Crippen LogP) is 3.06. The standard InChI is InChI=1S/C21H20F2N2O4/c1-13(14-5-3-2-4-6-14)25-11-15(9-20(25)27)21(28)29-12-19(26)24-16-7-8-17(22)18(23)10-16/h2-8,10,13,15H,9,11-12H2,1H3,(H,24,26)/t13-,15+/m1/s1. The maximum Gasteiger partial charge on any atom is 0.311 e. The molecule has 2 aromatic rings. The third-order valence-corrected chi connectivity index (χ3v) is 4.79.